The van der Waals surface area contributed by atoms with Crippen LogP contribution in [0.4, 0.5) is 15.8 Å². The van der Waals surface area contributed by atoms with Crippen molar-refractivity contribution >= 4 is 27.3 Å². The number of halogens is 1. The van der Waals surface area contributed by atoms with Gasteiger partial charge in [0.05, 0.1) is 11.4 Å². The predicted octanol–water partition coefficient (Wildman–Crippen LogP) is 3.85. The monoisotopic (exact) mass is 402 g/mol. The zero-order valence-electron chi connectivity index (χ0n) is 15.5. The van der Waals surface area contributed by atoms with E-state index in [9.17, 15) is 17.6 Å². The van der Waals surface area contributed by atoms with Crippen LogP contribution in [0.2, 0.25) is 0 Å². The van der Waals surface area contributed by atoms with E-state index in [0.29, 0.717) is 12.2 Å². The lowest BCUT2D eigenvalue weighted by Gasteiger charge is -2.22. The molecular formula is C21H23FN2O3S. The second kappa shape index (κ2) is 7.54. The van der Waals surface area contributed by atoms with E-state index in [1.807, 2.05) is 6.07 Å². The molecule has 1 N–H and O–H groups in total. The van der Waals surface area contributed by atoms with Crippen molar-refractivity contribution in [2.24, 2.45) is 5.92 Å². The molecule has 0 radical (unpaired) electrons. The summed E-state index contributed by atoms with van der Waals surface area (Å²) >= 11 is 0. The predicted molar refractivity (Wildman–Crippen MR) is 107 cm³/mol. The molecule has 148 valence electrons. The van der Waals surface area contributed by atoms with Crippen LogP contribution in [-0.4, -0.2) is 20.9 Å². The molecule has 5 nitrogen and oxygen atoms in total. The van der Waals surface area contributed by atoms with Crippen molar-refractivity contribution in [2.45, 2.75) is 37.9 Å². The standard InChI is InChI=1S/C21H23FN2O3S/c22-19-8-4-3-7-17(19)14-28(26,27)23-18-10-9-15-11-12-24(20(15)13-18)21(25)16-5-1-2-6-16/h3-4,7-10,13,16,23H,1-2,5-6,11-12,14H2. The molecule has 2 aromatic rings. The highest BCUT2D eigenvalue weighted by Gasteiger charge is 2.32. The van der Waals surface area contributed by atoms with Gasteiger partial charge in [-0.25, -0.2) is 12.8 Å². The van der Waals surface area contributed by atoms with Crippen LogP contribution in [0.5, 0.6) is 0 Å². The third-order valence-electron chi connectivity index (χ3n) is 5.53. The molecule has 1 amide bonds. The van der Waals surface area contributed by atoms with Gasteiger partial charge in [-0.2, -0.15) is 0 Å². The molecule has 0 spiro atoms. The fraction of sp³-hybridized carbons (Fsp3) is 0.381. The zero-order chi connectivity index (χ0) is 19.7. The van der Waals surface area contributed by atoms with Crippen LogP contribution in [-0.2, 0) is 27.0 Å². The van der Waals surface area contributed by atoms with Crippen molar-refractivity contribution in [2.75, 3.05) is 16.2 Å². The highest BCUT2D eigenvalue weighted by Crippen LogP contribution is 2.35. The quantitative estimate of drug-likeness (QED) is 0.826. The summed E-state index contributed by atoms with van der Waals surface area (Å²) in [6.45, 7) is 0.635. The van der Waals surface area contributed by atoms with E-state index in [4.69, 9.17) is 0 Å². The molecule has 1 saturated carbocycles. The maximum Gasteiger partial charge on any atom is 0.237 e. The number of carbonyl (C=O) groups is 1. The molecule has 4 rings (SSSR count). The molecule has 1 aliphatic carbocycles. The summed E-state index contributed by atoms with van der Waals surface area (Å²) in [4.78, 5) is 14.6. The molecule has 0 unspecified atom stereocenters. The Hall–Kier alpha value is -2.41. The number of benzene rings is 2. The summed E-state index contributed by atoms with van der Waals surface area (Å²) in [7, 11) is -3.77. The van der Waals surface area contributed by atoms with E-state index in [-0.39, 0.29) is 17.4 Å². The van der Waals surface area contributed by atoms with Crippen LogP contribution in [0.1, 0.15) is 36.8 Å². The van der Waals surface area contributed by atoms with Crippen molar-refractivity contribution in [1.29, 1.82) is 0 Å². The maximum absolute atomic E-state index is 13.8. The first kappa shape index (κ1) is 18.9. The summed E-state index contributed by atoms with van der Waals surface area (Å²) < 4.78 is 41.3. The summed E-state index contributed by atoms with van der Waals surface area (Å²) in [5.74, 6) is -0.772. The second-order valence-corrected chi connectivity index (χ2v) is 9.24. The number of amides is 1. The van der Waals surface area contributed by atoms with E-state index in [2.05, 4.69) is 4.72 Å². The highest BCUT2D eigenvalue weighted by molar-refractivity contribution is 7.91. The molecule has 0 saturated heterocycles. The van der Waals surface area contributed by atoms with Crippen LogP contribution < -0.4 is 9.62 Å². The van der Waals surface area contributed by atoms with Gasteiger partial charge >= 0.3 is 0 Å². The van der Waals surface area contributed by atoms with Gasteiger partial charge < -0.3 is 4.90 Å². The number of rotatable bonds is 5. The Labute approximate surface area is 164 Å². The van der Waals surface area contributed by atoms with Crippen LogP contribution >= 0.6 is 0 Å². The van der Waals surface area contributed by atoms with Crippen LogP contribution in [0.25, 0.3) is 0 Å². The van der Waals surface area contributed by atoms with Gasteiger partial charge in [-0.05, 0) is 43.0 Å². The number of carbonyl (C=O) groups excluding carboxylic acids is 1. The van der Waals surface area contributed by atoms with Crippen molar-refractivity contribution in [3.05, 3.63) is 59.4 Å². The Balaban J connectivity index is 1.53. The molecule has 1 fully saturated rings. The Morgan fingerprint density at radius 2 is 1.89 bits per heavy atom. The number of sulfonamides is 1. The smallest absolute Gasteiger partial charge is 0.237 e. The van der Waals surface area contributed by atoms with Gasteiger partial charge in [-0.15, -0.1) is 0 Å². The van der Waals surface area contributed by atoms with Gasteiger partial charge in [-0.1, -0.05) is 37.1 Å². The molecule has 28 heavy (non-hydrogen) atoms. The topological polar surface area (TPSA) is 66.5 Å². The molecule has 1 heterocycles. The first-order valence-corrected chi connectivity index (χ1v) is 11.3. The number of anilines is 2. The molecule has 1 aliphatic heterocycles. The summed E-state index contributed by atoms with van der Waals surface area (Å²) in [5.41, 5.74) is 2.33. The van der Waals surface area contributed by atoms with Crippen molar-refractivity contribution in [3.8, 4) is 0 Å². The van der Waals surface area contributed by atoms with Crippen molar-refractivity contribution in [3.63, 3.8) is 0 Å². The molecule has 0 aromatic heterocycles. The van der Waals surface area contributed by atoms with E-state index < -0.39 is 21.6 Å². The van der Waals surface area contributed by atoms with Crippen molar-refractivity contribution in [1.82, 2.24) is 0 Å². The van der Waals surface area contributed by atoms with Crippen LogP contribution in [0, 0.1) is 11.7 Å². The summed E-state index contributed by atoms with van der Waals surface area (Å²) in [5, 5.41) is 0. The molecular weight excluding hydrogens is 379 g/mol. The Morgan fingerprint density at radius 1 is 1.14 bits per heavy atom. The van der Waals surface area contributed by atoms with Gasteiger partial charge in [0.2, 0.25) is 15.9 Å². The van der Waals surface area contributed by atoms with Crippen LogP contribution in [0.3, 0.4) is 0 Å². The average molecular weight is 402 g/mol. The number of fused-ring (bicyclic) bond motifs is 1. The van der Waals surface area contributed by atoms with Crippen LogP contribution in [0.15, 0.2) is 42.5 Å². The van der Waals surface area contributed by atoms with E-state index in [0.717, 1.165) is 43.4 Å². The first-order chi connectivity index (χ1) is 13.4. The molecule has 2 aliphatic rings. The lowest BCUT2D eigenvalue weighted by molar-refractivity contribution is -0.122. The van der Waals surface area contributed by atoms with E-state index >= 15 is 0 Å². The SMILES string of the molecule is O=C(C1CCCC1)N1CCc2ccc(NS(=O)(=O)Cc3ccccc3F)cc21. The first-order valence-electron chi connectivity index (χ1n) is 9.61. The van der Waals surface area contributed by atoms with Gasteiger partial charge in [0.25, 0.3) is 0 Å². The maximum atomic E-state index is 13.8. The summed E-state index contributed by atoms with van der Waals surface area (Å²) in [6.07, 6.45) is 4.81. The fourth-order valence-electron chi connectivity index (χ4n) is 4.10. The Morgan fingerprint density at radius 3 is 2.64 bits per heavy atom. The van der Waals surface area contributed by atoms with Gasteiger partial charge in [0, 0.05) is 23.7 Å². The number of nitrogens with one attached hydrogen (secondary N) is 1. The average Bonchev–Trinajstić information content (AvgIpc) is 3.32. The van der Waals surface area contributed by atoms with Gasteiger partial charge in [-0.3, -0.25) is 9.52 Å². The largest absolute Gasteiger partial charge is 0.312 e. The van der Waals surface area contributed by atoms with Gasteiger partial charge in [0.1, 0.15) is 5.82 Å². The number of hydrogen-bond donors (Lipinski definition) is 1. The third kappa shape index (κ3) is 3.90. The van der Waals surface area contributed by atoms with E-state index in [1.54, 1.807) is 23.1 Å². The minimum absolute atomic E-state index is 0.0763. The molecule has 7 heteroatoms. The summed E-state index contributed by atoms with van der Waals surface area (Å²) in [6, 6.07) is 11.1. The lowest BCUT2D eigenvalue weighted by Crippen LogP contribution is -2.33. The molecule has 2 aromatic carbocycles. The minimum Gasteiger partial charge on any atom is -0.312 e. The lowest BCUT2D eigenvalue weighted by atomic mass is 10.1. The zero-order valence-corrected chi connectivity index (χ0v) is 16.3. The van der Waals surface area contributed by atoms with Crippen molar-refractivity contribution < 1.29 is 17.6 Å². The normalized spacial score (nSPS) is 17.0. The highest BCUT2D eigenvalue weighted by atomic mass is 32.2. The Kier molecular flexibility index (Phi) is 5.10. The second-order valence-electron chi connectivity index (χ2n) is 7.52. The number of hydrogen-bond acceptors (Lipinski definition) is 3. The molecule has 0 atom stereocenters. The molecule has 0 bridgehead atoms. The third-order valence-corrected chi connectivity index (χ3v) is 6.77. The Bertz CT molecular complexity index is 1000. The van der Waals surface area contributed by atoms with Gasteiger partial charge in [0.15, 0.2) is 0 Å². The fourth-order valence-corrected chi connectivity index (χ4v) is 5.30. The number of nitrogens with zero attached hydrogens (tertiary/aromatic N) is 1. The minimum atomic E-state index is -3.77. The van der Waals surface area contributed by atoms with E-state index in [1.165, 1.54) is 18.2 Å².